The van der Waals surface area contributed by atoms with Gasteiger partial charge in [-0.2, -0.15) is 5.06 Å². The summed E-state index contributed by atoms with van der Waals surface area (Å²) in [5.41, 5.74) is 12.2. The lowest BCUT2D eigenvalue weighted by molar-refractivity contribution is -0.175. The topological polar surface area (TPSA) is 160 Å². The Balaban J connectivity index is 1.49. The highest BCUT2D eigenvalue weighted by molar-refractivity contribution is 5.92. The van der Waals surface area contributed by atoms with E-state index in [1.165, 1.54) is 6.42 Å². The third kappa shape index (κ3) is 6.14. The zero-order valence-corrected chi connectivity index (χ0v) is 27.7. The van der Waals surface area contributed by atoms with Gasteiger partial charge in [-0.25, -0.2) is 4.79 Å². The zero-order chi connectivity index (χ0) is 33.5. The highest BCUT2D eigenvalue weighted by Crippen LogP contribution is 2.61. The second-order valence-corrected chi connectivity index (χ2v) is 13.9. The molecule has 1 aliphatic heterocycles. The van der Waals surface area contributed by atoms with Crippen LogP contribution in [0.5, 0.6) is 5.75 Å². The Hall–Kier alpha value is -3.83. The predicted octanol–water partition coefficient (Wildman–Crippen LogP) is 5.11. The van der Waals surface area contributed by atoms with Gasteiger partial charge in [-0.05, 0) is 72.2 Å². The van der Waals surface area contributed by atoms with E-state index < -0.39 is 30.1 Å². The van der Waals surface area contributed by atoms with Crippen molar-refractivity contribution in [3.05, 3.63) is 58.0 Å². The van der Waals surface area contributed by atoms with E-state index in [4.69, 9.17) is 15.1 Å². The molecular weight excluding hydrogens is 588 g/mol. The van der Waals surface area contributed by atoms with E-state index in [1.54, 1.807) is 31.2 Å². The van der Waals surface area contributed by atoms with Crippen molar-refractivity contribution in [1.29, 1.82) is 0 Å². The summed E-state index contributed by atoms with van der Waals surface area (Å²) in [4.78, 5) is 37.2. The maximum Gasteiger partial charge on any atom is 0.335 e. The fraction of sp³-hybridized carbons (Fsp3) is 0.588. The SMILES string of the molecule is COc1c(CN2O[C@@H](CN=[N+]=[N-])[C@@H]([C@H](C)O)[C@H]2C(=O)N[C@H]2C[C@H]3C[C@@H]([C@@H]2C)C3(C)C)cccc1-c1cc(C(=O)O)cc(N(C)C)c1. The number of benzene rings is 2. The number of hydroxylamine groups is 2. The standard InChI is InChI=1S/C34H46N6O6/c1-18-26-14-23(34(26,3)4)15-27(18)37-32(42)30-29(19(2)41)28(16-36-38-35)46-40(30)17-20-9-8-10-25(31(20)45-7)21-11-22(33(43)44)13-24(12-21)39(5)6/h8-13,18-19,23,26-30,41H,14-17H2,1-7H3,(H,37,42)(H,43,44)/t18-,19-,23+,26-,27-,28-,29+,30-/m0/s1. The minimum atomic E-state index is -1.04. The summed E-state index contributed by atoms with van der Waals surface area (Å²) in [6, 6.07) is 9.85. The third-order valence-corrected chi connectivity index (χ3v) is 10.8. The number of carboxylic acids is 1. The third-order valence-electron chi connectivity index (χ3n) is 10.8. The number of nitrogens with zero attached hydrogens (tertiary/aromatic N) is 5. The molecule has 12 nitrogen and oxygen atoms in total. The van der Waals surface area contributed by atoms with E-state index in [0.29, 0.717) is 40.2 Å². The molecule has 0 unspecified atom stereocenters. The van der Waals surface area contributed by atoms with Gasteiger partial charge in [0.2, 0.25) is 5.91 Å². The number of amides is 1. The van der Waals surface area contributed by atoms with Gasteiger partial charge in [-0.3, -0.25) is 9.63 Å². The maximum atomic E-state index is 14.2. The van der Waals surface area contributed by atoms with Crippen LogP contribution in [0.3, 0.4) is 0 Å². The summed E-state index contributed by atoms with van der Waals surface area (Å²) in [5, 5.41) is 29.3. The zero-order valence-electron chi connectivity index (χ0n) is 27.7. The van der Waals surface area contributed by atoms with Crippen LogP contribution in [0.1, 0.15) is 56.5 Å². The number of anilines is 1. The number of ether oxygens (including phenoxy) is 1. The first-order chi connectivity index (χ1) is 21.8. The Morgan fingerprint density at radius 3 is 2.59 bits per heavy atom. The minimum Gasteiger partial charge on any atom is -0.496 e. The summed E-state index contributed by atoms with van der Waals surface area (Å²) < 4.78 is 5.92. The number of aromatic carboxylic acids is 1. The van der Waals surface area contributed by atoms with E-state index >= 15 is 0 Å². The van der Waals surface area contributed by atoms with Crippen LogP contribution in [-0.2, 0) is 16.2 Å². The molecule has 4 fully saturated rings. The minimum absolute atomic E-state index is 0.0159. The van der Waals surface area contributed by atoms with E-state index in [-0.39, 0.29) is 36.0 Å². The maximum absolute atomic E-state index is 14.2. The number of azide groups is 1. The van der Waals surface area contributed by atoms with Gasteiger partial charge in [0.25, 0.3) is 0 Å². The Morgan fingerprint density at radius 1 is 1.26 bits per heavy atom. The number of carbonyl (C=O) groups is 2. The Morgan fingerprint density at radius 2 is 2.00 bits per heavy atom. The number of nitrogens with one attached hydrogen (secondary N) is 1. The molecule has 8 atom stereocenters. The molecule has 0 aromatic heterocycles. The van der Waals surface area contributed by atoms with Gasteiger partial charge in [0.05, 0.1) is 38.0 Å². The number of para-hydroxylation sites is 1. The Bertz CT molecular complexity index is 1520. The lowest BCUT2D eigenvalue weighted by Gasteiger charge is -2.62. The Kier molecular flexibility index (Phi) is 9.56. The molecule has 2 bridgehead atoms. The van der Waals surface area contributed by atoms with Gasteiger partial charge >= 0.3 is 5.97 Å². The summed E-state index contributed by atoms with van der Waals surface area (Å²) in [6.07, 6.45) is 0.454. The van der Waals surface area contributed by atoms with Crippen molar-refractivity contribution in [2.45, 2.75) is 71.4 Å². The fourth-order valence-electron chi connectivity index (χ4n) is 8.10. The lowest BCUT2D eigenvalue weighted by atomic mass is 9.45. The molecule has 1 saturated heterocycles. The van der Waals surface area contributed by atoms with Gasteiger partial charge < -0.3 is 25.2 Å². The van der Waals surface area contributed by atoms with Crippen LogP contribution < -0.4 is 15.0 Å². The number of carbonyl (C=O) groups excluding carboxylic acids is 1. The molecule has 0 radical (unpaired) electrons. The van der Waals surface area contributed by atoms with Crippen molar-refractivity contribution in [3.8, 4) is 16.9 Å². The number of methoxy groups -OCH3 is 1. The monoisotopic (exact) mass is 634 g/mol. The van der Waals surface area contributed by atoms with Crippen molar-refractivity contribution in [3.63, 3.8) is 0 Å². The molecule has 3 aliphatic carbocycles. The molecule has 3 saturated carbocycles. The smallest absolute Gasteiger partial charge is 0.335 e. The molecular formula is C34H46N6O6. The predicted molar refractivity (Wildman–Crippen MR) is 174 cm³/mol. The normalized spacial score (nSPS) is 28.8. The molecule has 2 aromatic carbocycles. The molecule has 0 spiro atoms. The van der Waals surface area contributed by atoms with E-state index in [0.717, 1.165) is 12.1 Å². The van der Waals surface area contributed by atoms with E-state index in [9.17, 15) is 19.8 Å². The van der Waals surface area contributed by atoms with Gasteiger partial charge in [0, 0.05) is 47.8 Å². The van der Waals surface area contributed by atoms with Crippen molar-refractivity contribution >= 4 is 17.6 Å². The average Bonchev–Trinajstić information content (AvgIpc) is 3.38. The number of rotatable bonds is 11. The van der Waals surface area contributed by atoms with Crippen LogP contribution in [0.15, 0.2) is 41.5 Å². The van der Waals surface area contributed by atoms with Gasteiger partial charge in [-0.1, -0.05) is 44.1 Å². The molecule has 6 rings (SSSR count). The molecule has 1 amide bonds. The van der Waals surface area contributed by atoms with Crippen LogP contribution in [-0.4, -0.2) is 79.2 Å². The molecule has 1 heterocycles. The van der Waals surface area contributed by atoms with Crippen LogP contribution >= 0.6 is 0 Å². The summed E-state index contributed by atoms with van der Waals surface area (Å²) in [5.74, 6) is -0.00778. The van der Waals surface area contributed by atoms with E-state index in [1.807, 2.05) is 43.3 Å². The summed E-state index contributed by atoms with van der Waals surface area (Å²) in [7, 11) is 5.24. The molecule has 3 N–H and O–H groups in total. The highest BCUT2D eigenvalue weighted by atomic mass is 16.7. The number of fused-ring (bicyclic) bond motifs is 2. The van der Waals surface area contributed by atoms with Crippen LogP contribution in [0.4, 0.5) is 5.69 Å². The number of aliphatic hydroxyl groups excluding tert-OH is 1. The molecule has 12 heteroatoms. The number of aliphatic hydroxyl groups is 1. The largest absolute Gasteiger partial charge is 0.496 e. The Labute approximate surface area is 270 Å². The molecule has 248 valence electrons. The first kappa shape index (κ1) is 33.5. The number of hydrogen-bond acceptors (Lipinski definition) is 8. The van der Waals surface area contributed by atoms with Gasteiger partial charge in [-0.15, -0.1) is 0 Å². The molecule has 46 heavy (non-hydrogen) atoms. The van der Waals surface area contributed by atoms with Crippen LogP contribution in [0.2, 0.25) is 0 Å². The first-order valence-corrected chi connectivity index (χ1v) is 15.9. The number of carboxylic acid groups (broad SMARTS) is 1. The quantitative estimate of drug-likeness (QED) is 0.175. The van der Waals surface area contributed by atoms with E-state index in [2.05, 4.69) is 36.1 Å². The lowest BCUT2D eigenvalue weighted by Crippen LogP contribution is -2.62. The number of hydrogen-bond donors (Lipinski definition) is 3. The van der Waals surface area contributed by atoms with Gasteiger partial charge in [0.1, 0.15) is 11.8 Å². The highest BCUT2D eigenvalue weighted by Gasteiger charge is 2.57. The van der Waals surface area contributed by atoms with Crippen LogP contribution in [0.25, 0.3) is 21.6 Å². The second kappa shape index (κ2) is 13.1. The molecule has 4 aliphatic rings. The van der Waals surface area contributed by atoms with Crippen LogP contribution in [0, 0.1) is 29.1 Å². The van der Waals surface area contributed by atoms with Crippen molar-refractivity contribution in [2.24, 2.45) is 34.2 Å². The fourth-order valence-corrected chi connectivity index (χ4v) is 8.10. The summed E-state index contributed by atoms with van der Waals surface area (Å²) in [6.45, 7) is 8.55. The van der Waals surface area contributed by atoms with Crippen molar-refractivity contribution in [1.82, 2.24) is 10.4 Å². The molecule has 2 aromatic rings. The average molecular weight is 635 g/mol. The van der Waals surface area contributed by atoms with Crippen molar-refractivity contribution < 1.29 is 29.4 Å². The van der Waals surface area contributed by atoms with Gasteiger partial charge in [0.15, 0.2) is 0 Å². The summed E-state index contributed by atoms with van der Waals surface area (Å²) >= 11 is 0. The first-order valence-electron chi connectivity index (χ1n) is 15.9. The second-order valence-electron chi connectivity index (χ2n) is 13.9. The van der Waals surface area contributed by atoms with Crippen molar-refractivity contribution in [2.75, 3.05) is 32.6 Å².